The van der Waals surface area contributed by atoms with E-state index >= 15 is 0 Å². The van der Waals surface area contributed by atoms with Crippen molar-refractivity contribution in [3.63, 3.8) is 0 Å². The van der Waals surface area contributed by atoms with Crippen molar-refractivity contribution in [2.75, 3.05) is 13.1 Å². The molecule has 2 amide bonds. The van der Waals surface area contributed by atoms with E-state index in [1.165, 1.54) is 6.92 Å². The van der Waals surface area contributed by atoms with Gasteiger partial charge in [0.25, 0.3) is 5.91 Å². The Morgan fingerprint density at radius 1 is 1.40 bits per heavy atom. The number of carbonyl (C=O) groups is 2. The van der Waals surface area contributed by atoms with Gasteiger partial charge in [0.05, 0.1) is 0 Å². The Bertz CT molecular complexity index is 559. The second kappa shape index (κ2) is 6.00. The van der Waals surface area contributed by atoms with E-state index in [-0.39, 0.29) is 22.8 Å². The molecule has 1 atom stereocenters. The van der Waals surface area contributed by atoms with Crippen molar-refractivity contribution in [1.82, 2.24) is 10.2 Å². The number of nitrogens with zero attached hydrogens (tertiary/aromatic N) is 1. The Balaban J connectivity index is 2.07. The van der Waals surface area contributed by atoms with Gasteiger partial charge in [-0.2, -0.15) is 0 Å². The van der Waals surface area contributed by atoms with Gasteiger partial charge >= 0.3 is 0 Å². The Hall–Kier alpha value is -1.95. The molecule has 5 nitrogen and oxygen atoms in total. The molecule has 1 aromatic carbocycles. The molecule has 0 aliphatic carbocycles. The first-order chi connectivity index (χ1) is 9.47. The molecular formula is C14H17N3O2S. The number of hydrogen-bond donors (Lipinski definition) is 2. The molecule has 6 heteroatoms. The van der Waals surface area contributed by atoms with Gasteiger partial charge in [-0.1, -0.05) is 24.4 Å². The molecule has 1 unspecified atom stereocenters. The van der Waals surface area contributed by atoms with Crippen LogP contribution in [0.4, 0.5) is 0 Å². The van der Waals surface area contributed by atoms with Gasteiger partial charge in [-0.25, -0.2) is 0 Å². The molecule has 0 saturated carbocycles. The number of likely N-dealkylation sites (tertiary alicyclic amines) is 1. The van der Waals surface area contributed by atoms with E-state index in [0.717, 1.165) is 6.42 Å². The quantitative estimate of drug-likeness (QED) is 0.803. The minimum Gasteiger partial charge on any atom is -0.389 e. The molecule has 1 aromatic rings. The van der Waals surface area contributed by atoms with E-state index in [4.69, 9.17) is 18.0 Å². The lowest BCUT2D eigenvalue weighted by Gasteiger charge is -2.17. The van der Waals surface area contributed by atoms with Crippen LogP contribution in [0.2, 0.25) is 0 Å². The number of nitrogens with one attached hydrogen (secondary N) is 1. The Labute approximate surface area is 123 Å². The smallest absolute Gasteiger partial charge is 0.253 e. The van der Waals surface area contributed by atoms with E-state index in [2.05, 4.69) is 5.32 Å². The van der Waals surface area contributed by atoms with Crippen LogP contribution in [-0.4, -0.2) is 40.8 Å². The molecule has 1 fully saturated rings. The van der Waals surface area contributed by atoms with Crippen molar-refractivity contribution in [3.05, 3.63) is 35.4 Å². The topological polar surface area (TPSA) is 75.4 Å². The fourth-order valence-corrected chi connectivity index (χ4v) is 2.47. The number of hydrogen-bond acceptors (Lipinski definition) is 3. The summed E-state index contributed by atoms with van der Waals surface area (Å²) in [5, 5.41) is 2.83. The average molecular weight is 291 g/mol. The molecule has 20 heavy (non-hydrogen) atoms. The molecule has 0 radical (unpaired) electrons. The largest absolute Gasteiger partial charge is 0.389 e. The fraction of sp³-hybridized carbons (Fsp3) is 0.357. The van der Waals surface area contributed by atoms with Crippen molar-refractivity contribution < 1.29 is 9.59 Å². The first-order valence-corrected chi connectivity index (χ1v) is 6.84. The highest BCUT2D eigenvalue weighted by Crippen LogP contribution is 2.15. The first-order valence-electron chi connectivity index (χ1n) is 6.43. The van der Waals surface area contributed by atoms with Crippen molar-refractivity contribution in [3.8, 4) is 0 Å². The van der Waals surface area contributed by atoms with E-state index in [1.807, 2.05) is 0 Å². The molecular weight excluding hydrogens is 274 g/mol. The van der Waals surface area contributed by atoms with Crippen LogP contribution in [-0.2, 0) is 4.79 Å². The number of benzene rings is 1. The third-order valence-electron chi connectivity index (χ3n) is 3.28. The summed E-state index contributed by atoms with van der Waals surface area (Å²) < 4.78 is 0. The minimum atomic E-state index is -0.0697. The molecule has 1 heterocycles. The second-order valence-corrected chi connectivity index (χ2v) is 5.32. The predicted molar refractivity (Wildman–Crippen MR) is 80.5 cm³/mol. The second-order valence-electron chi connectivity index (χ2n) is 4.88. The van der Waals surface area contributed by atoms with Gasteiger partial charge in [-0.15, -0.1) is 0 Å². The maximum absolute atomic E-state index is 12.4. The summed E-state index contributed by atoms with van der Waals surface area (Å²) in [7, 11) is 0. The van der Waals surface area contributed by atoms with Crippen LogP contribution in [0, 0.1) is 0 Å². The molecule has 106 valence electrons. The van der Waals surface area contributed by atoms with Gasteiger partial charge in [0.15, 0.2) is 0 Å². The van der Waals surface area contributed by atoms with Crippen molar-refractivity contribution in [2.45, 2.75) is 19.4 Å². The number of carbonyl (C=O) groups excluding carboxylic acids is 2. The van der Waals surface area contributed by atoms with Gasteiger partial charge in [0.2, 0.25) is 5.91 Å². The first kappa shape index (κ1) is 14.5. The van der Waals surface area contributed by atoms with Gasteiger partial charge in [0.1, 0.15) is 4.99 Å². The SMILES string of the molecule is CC(=O)NC1CCN(C(=O)c2cccc(C(N)=S)c2)C1. The molecule has 0 bridgehead atoms. The third-order valence-corrected chi connectivity index (χ3v) is 3.51. The van der Waals surface area contributed by atoms with Crippen LogP contribution in [0.25, 0.3) is 0 Å². The summed E-state index contributed by atoms with van der Waals surface area (Å²) in [4.78, 5) is 25.4. The van der Waals surface area contributed by atoms with Crippen LogP contribution < -0.4 is 11.1 Å². The summed E-state index contributed by atoms with van der Waals surface area (Å²) in [6, 6.07) is 7.04. The normalized spacial score (nSPS) is 17.9. The lowest BCUT2D eigenvalue weighted by atomic mass is 10.1. The van der Waals surface area contributed by atoms with E-state index in [1.54, 1.807) is 29.2 Å². The van der Waals surface area contributed by atoms with Crippen LogP contribution in [0.15, 0.2) is 24.3 Å². The summed E-state index contributed by atoms with van der Waals surface area (Å²) in [5.74, 6) is -0.129. The number of amides is 2. The van der Waals surface area contributed by atoms with E-state index in [9.17, 15) is 9.59 Å². The summed E-state index contributed by atoms with van der Waals surface area (Å²) in [6.07, 6.45) is 0.778. The Kier molecular flexibility index (Phi) is 4.34. The zero-order valence-electron chi connectivity index (χ0n) is 11.3. The third kappa shape index (κ3) is 3.33. The lowest BCUT2D eigenvalue weighted by molar-refractivity contribution is -0.119. The summed E-state index contributed by atoms with van der Waals surface area (Å²) in [5.41, 5.74) is 6.82. The predicted octanol–water partition coefficient (Wildman–Crippen LogP) is 0.671. The van der Waals surface area contributed by atoms with Crippen molar-refractivity contribution in [1.29, 1.82) is 0 Å². The van der Waals surface area contributed by atoms with Crippen LogP contribution in [0.1, 0.15) is 29.3 Å². The highest BCUT2D eigenvalue weighted by Gasteiger charge is 2.27. The summed E-state index contributed by atoms with van der Waals surface area (Å²) in [6.45, 7) is 2.66. The van der Waals surface area contributed by atoms with Crippen LogP contribution >= 0.6 is 12.2 Å². The standard InChI is InChI=1S/C14H17N3O2S/c1-9(18)16-12-5-6-17(8-12)14(19)11-4-2-3-10(7-11)13(15)20/h2-4,7,12H,5-6,8H2,1H3,(H2,15,20)(H,16,18). The Morgan fingerprint density at radius 2 is 2.10 bits per heavy atom. The van der Waals surface area contributed by atoms with E-state index < -0.39 is 0 Å². The van der Waals surface area contributed by atoms with Crippen molar-refractivity contribution in [2.24, 2.45) is 5.73 Å². The zero-order chi connectivity index (χ0) is 14.7. The molecule has 3 N–H and O–H groups in total. The molecule has 2 rings (SSSR count). The zero-order valence-corrected chi connectivity index (χ0v) is 12.1. The highest BCUT2D eigenvalue weighted by atomic mass is 32.1. The number of rotatable bonds is 3. The molecule has 1 aliphatic heterocycles. The lowest BCUT2D eigenvalue weighted by Crippen LogP contribution is -2.37. The van der Waals surface area contributed by atoms with E-state index in [0.29, 0.717) is 24.2 Å². The monoisotopic (exact) mass is 291 g/mol. The van der Waals surface area contributed by atoms with Gasteiger partial charge in [-0.05, 0) is 18.6 Å². The maximum Gasteiger partial charge on any atom is 0.253 e. The van der Waals surface area contributed by atoms with Crippen LogP contribution in [0.3, 0.4) is 0 Å². The number of nitrogens with two attached hydrogens (primary N) is 1. The number of thiocarbonyl (C=S) groups is 1. The molecule has 0 spiro atoms. The maximum atomic E-state index is 12.4. The van der Waals surface area contributed by atoms with Gasteiger partial charge in [0, 0.05) is 37.2 Å². The van der Waals surface area contributed by atoms with Crippen molar-refractivity contribution >= 4 is 29.0 Å². The average Bonchev–Trinajstić information content (AvgIpc) is 2.85. The van der Waals surface area contributed by atoms with Gasteiger partial charge in [-0.3, -0.25) is 9.59 Å². The molecule has 1 aliphatic rings. The summed E-state index contributed by atoms with van der Waals surface area (Å²) >= 11 is 4.91. The van der Waals surface area contributed by atoms with Gasteiger partial charge < -0.3 is 16.0 Å². The molecule has 1 saturated heterocycles. The minimum absolute atomic E-state index is 0.0372. The van der Waals surface area contributed by atoms with Crippen LogP contribution in [0.5, 0.6) is 0 Å². The molecule has 0 aromatic heterocycles. The fourth-order valence-electron chi connectivity index (χ4n) is 2.34. The Morgan fingerprint density at radius 3 is 2.75 bits per heavy atom. The highest BCUT2D eigenvalue weighted by molar-refractivity contribution is 7.80.